The Morgan fingerprint density at radius 2 is 2.00 bits per heavy atom. The predicted octanol–water partition coefficient (Wildman–Crippen LogP) is 2.45. The van der Waals surface area contributed by atoms with Gasteiger partial charge in [0.1, 0.15) is 5.75 Å². The van der Waals surface area contributed by atoms with Crippen LogP contribution in [0.1, 0.15) is 24.0 Å². The third kappa shape index (κ3) is 3.73. The first-order valence-corrected chi connectivity index (χ1v) is 10.1. The van der Waals surface area contributed by atoms with E-state index < -0.39 is 10.0 Å². The number of ether oxygens (including phenoxy) is 1. The summed E-state index contributed by atoms with van der Waals surface area (Å²) in [4.78, 5) is 12.1. The molecule has 0 radical (unpaired) electrons. The van der Waals surface area contributed by atoms with Gasteiger partial charge in [-0.3, -0.25) is 4.79 Å². The van der Waals surface area contributed by atoms with Crippen molar-refractivity contribution in [3.8, 4) is 5.75 Å². The standard InChI is InChI=1S/C19H20N2O4S/c22-19(14-4-5-14)21-16-3-1-2-13(10-16)12-20-26(23,24)17-6-7-18-15(11-17)8-9-25-18/h1-3,6-7,10-11,14,20H,4-5,8-9,12H2,(H,21,22). The summed E-state index contributed by atoms with van der Waals surface area (Å²) in [5.41, 5.74) is 2.39. The second-order valence-electron chi connectivity index (χ2n) is 6.66. The molecule has 0 aromatic heterocycles. The summed E-state index contributed by atoms with van der Waals surface area (Å²) in [6.07, 6.45) is 2.61. The van der Waals surface area contributed by atoms with Crippen LogP contribution < -0.4 is 14.8 Å². The predicted molar refractivity (Wildman–Crippen MR) is 97.5 cm³/mol. The molecule has 0 bridgehead atoms. The smallest absolute Gasteiger partial charge is 0.240 e. The van der Waals surface area contributed by atoms with Gasteiger partial charge < -0.3 is 10.1 Å². The Labute approximate surface area is 152 Å². The maximum Gasteiger partial charge on any atom is 0.240 e. The van der Waals surface area contributed by atoms with E-state index in [0.717, 1.165) is 36.1 Å². The Hall–Kier alpha value is -2.38. The minimum atomic E-state index is -3.61. The number of carbonyl (C=O) groups excluding carboxylic acids is 1. The number of nitrogens with one attached hydrogen (secondary N) is 2. The number of hydrogen-bond acceptors (Lipinski definition) is 4. The van der Waals surface area contributed by atoms with Crippen molar-refractivity contribution < 1.29 is 17.9 Å². The summed E-state index contributed by atoms with van der Waals surface area (Å²) in [6.45, 7) is 0.745. The van der Waals surface area contributed by atoms with Gasteiger partial charge in [-0.05, 0) is 54.3 Å². The van der Waals surface area contributed by atoms with Crippen molar-refractivity contribution >= 4 is 21.6 Å². The fourth-order valence-corrected chi connectivity index (χ4v) is 4.01. The second-order valence-corrected chi connectivity index (χ2v) is 8.42. The van der Waals surface area contributed by atoms with Gasteiger partial charge in [-0.15, -0.1) is 0 Å². The van der Waals surface area contributed by atoms with Crippen LogP contribution in [0.3, 0.4) is 0 Å². The Balaban J connectivity index is 1.43. The molecule has 2 aliphatic rings. The number of rotatable bonds is 6. The van der Waals surface area contributed by atoms with Crippen LogP contribution in [0.15, 0.2) is 47.4 Å². The summed E-state index contributed by atoms with van der Waals surface area (Å²) in [6, 6.07) is 12.1. The van der Waals surface area contributed by atoms with Crippen LogP contribution in [0.2, 0.25) is 0 Å². The molecule has 1 aliphatic carbocycles. The molecule has 2 N–H and O–H groups in total. The maximum absolute atomic E-state index is 12.5. The van der Waals surface area contributed by atoms with E-state index in [1.54, 1.807) is 36.4 Å². The van der Waals surface area contributed by atoms with E-state index in [1.165, 1.54) is 0 Å². The Morgan fingerprint density at radius 1 is 1.15 bits per heavy atom. The average molecular weight is 372 g/mol. The van der Waals surface area contributed by atoms with Crippen molar-refractivity contribution in [1.29, 1.82) is 0 Å². The van der Waals surface area contributed by atoms with Crippen molar-refractivity contribution in [2.24, 2.45) is 5.92 Å². The quantitative estimate of drug-likeness (QED) is 0.816. The molecule has 0 spiro atoms. The zero-order chi connectivity index (χ0) is 18.1. The molecule has 2 aromatic rings. The van der Waals surface area contributed by atoms with E-state index in [1.807, 2.05) is 6.07 Å². The highest BCUT2D eigenvalue weighted by atomic mass is 32.2. The number of hydrogen-bond donors (Lipinski definition) is 2. The molecule has 0 unspecified atom stereocenters. The molecule has 4 rings (SSSR count). The topological polar surface area (TPSA) is 84.5 Å². The highest BCUT2D eigenvalue weighted by Crippen LogP contribution is 2.30. The lowest BCUT2D eigenvalue weighted by Gasteiger charge is -2.10. The molecule has 136 valence electrons. The number of anilines is 1. The molecule has 26 heavy (non-hydrogen) atoms. The normalized spacial score (nSPS) is 16.0. The van der Waals surface area contributed by atoms with Gasteiger partial charge in [0.25, 0.3) is 0 Å². The first kappa shape index (κ1) is 17.1. The molecular weight excluding hydrogens is 352 g/mol. The van der Waals surface area contributed by atoms with Crippen LogP contribution in [-0.4, -0.2) is 20.9 Å². The van der Waals surface area contributed by atoms with Crippen LogP contribution in [0.4, 0.5) is 5.69 Å². The first-order valence-electron chi connectivity index (χ1n) is 8.66. The summed E-state index contributed by atoms with van der Waals surface area (Å²) in [5.74, 6) is 0.909. The average Bonchev–Trinajstić information content (AvgIpc) is 3.38. The molecule has 1 saturated carbocycles. The molecule has 6 nitrogen and oxygen atoms in total. The molecular formula is C19H20N2O4S. The second kappa shape index (κ2) is 6.74. The van der Waals surface area contributed by atoms with E-state index in [0.29, 0.717) is 12.3 Å². The van der Waals surface area contributed by atoms with Gasteiger partial charge in [0.05, 0.1) is 11.5 Å². The summed E-state index contributed by atoms with van der Waals surface area (Å²) < 4.78 is 33.1. The molecule has 1 amide bonds. The molecule has 1 heterocycles. The van der Waals surface area contributed by atoms with Gasteiger partial charge in [0, 0.05) is 24.6 Å². The molecule has 1 aliphatic heterocycles. The number of benzene rings is 2. The van der Waals surface area contributed by atoms with E-state index in [2.05, 4.69) is 10.0 Å². The number of fused-ring (bicyclic) bond motifs is 1. The first-order chi connectivity index (χ1) is 12.5. The van der Waals surface area contributed by atoms with Gasteiger partial charge in [-0.2, -0.15) is 0 Å². The van der Waals surface area contributed by atoms with Crippen LogP contribution in [0, 0.1) is 5.92 Å². The van der Waals surface area contributed by atoms with E-state index in [-0.39, 0.29) is 23.3 Å². The highest BCUT2D eigenvalue weighted by molar-refractivity contribution is 7.89. The lowest BCUT2D eigenvalue weighted by atomic mass is 10.2. The lowest BCUT2D eigenvalue weighted by molar-refractivity contribution is -0.117. The van der Waals surface area contributed by atoms with Crippen LogP contribution in [-0.2, 0) is 27.8 Å². The molecule has 1 fully saturated rings. The molecule has 0 saturated heterocycles. The highest BCUT2D eigenvalue weighted by Gasteiger charge is 2.29. The lowest BCUT2D eigenvalue weighted by Crippen LogP contribution is -2.23. The van der Waals surface area contributed by atoms with Crippen LogP contribution in [0.5, 0.6) is 5.75 Å². The van der Waals surface area contributed by atoms with Crippen molar-refractivity contribution in [3.05, 3.63) is 53.6 Å². The van der Waals surface area contributed by atoms with Crippen molar-refractivity contribution in [2.45, 2.75) is 30.7 Å². The van der Waals surface area contributed by atoms with Crippen LogP contribution >= 0.6 is 0 Å². The molecule has 2 aromatic carbocycles. The van der Waals surface area contributed by atoms with Crippen molar-refractivity contribution in [3.63, 3.8) is 0 Å². The number of amides is 1. The zero-order valence-electron chi connectivity index (χ0n) is 14.2. The van der Waals surface area contributed by atoms with E-state index >= 15 is 0 Å². The van der Waals surface area contributed by atoms with Crippen LogP contribution in [0.25, 0.3) is 0 Å². The minimum Gasteiger partial charge on any atom is -0.493 e. The molecule has 0 atom stereocenters. The Kier molecular flexibility index (Phi) is 4.42. The number of carbonyl (C=O) groups is 1. The van der Waals surface area contributed by atoms with Crippen molar-refractivity contribution in [1.82, 2.24) is 4.72 Å². The third-order valence-corrected chi connectivity index (χ3v) is 5.98. The SMILES string of the molecule is O=C(Nc1cccc(CNS(=O)(=O)c2ccc3c(c2)CCO3)c1)C1CC1. The monoisotopic (exact) mass is 372 g/mol. The minimum absolute atomic E-state index is 0.0306. The summed E-state index contributed by atoms with van der Waals surface area (Å²) >= 11 is 0. The van der Waals surface area contributed by atoms with Gasteiger partial charge in [0.15, 0.2) is 0 Å². The maximum atomic E-state index is 12.5. The number of sulfonamides is 1. The Morgan fingerprint density at radius 3 is 2.81 bits per heavy atom. The van der Waals surface area contributed by atoms with E-state index in [9.17, 15) is 13.2 Å². The Bertz CT molecular complexity index is 952. The fourth-order valence-electron chi connectivity index (χ4n) is 2.94. The molecule has 7 heteroatoms. The van der Waals surface area contributed by atoms with Gasteiger partial charge >= 0.3 is 0 Å². The third-order valence-electron chi connectivity index (χ3n) is 4.58. The largest absolute Gasteiger partial charge is 0.493 e. The van der Waals surface area contributed by atoms with Gasteiger partial charge in [-0.25, -0.2) is 13.1 Å². The fraction of sp³-hybridized carbons (Fsp3) is 0.316. The van der Waals surface area contributed by atoms with Crippen molar-refractivity contribution in [2.75, 3.05) is 11.9 Å². The van der Waals surface area contributed by atoms with Gasteiger partial charge in [0.2, 0.25) is 15.9 Å². The zero-order valence-corrected chi connectivity index (χ0v) is 15.0. The summed E-state index contributed by atoms with van der Waals surface area (Å²) in [5, 5.41) is 2.87. The van der Waals surface area contributed by atoms with E-state index in [4.69, 9.17) is 4.74 Å². The summed E-state index contributed by atoms with van der Waals surface area (Å²) in [7, 11) is -3.61. The van der Waals surface area contributed by atoms with Gasteiger partial charge in [-0.1, -0.05) is 12.1 Å².